The van der Waals surface area contributed by atoms with Crippen LogP contribution in [0.25, 0.3) is 0 Å². The summed E-state index contributed by atoms with van der Waals surface area (Å²) < 4.78 is 5.68. The van der Waals surface area contributed by atoms with Crippen molar-refractivity contribution in [1.29, 1.82) is 0 Å². The molecule has 0 saturated carbocycles. The van der Waals surface area contributed by atoms with Crippen LogP contribution in [-0.4, -0.2) is 36.4 Å². The molecule has 0 aliphatic carbocycles. The number of hydrogen-bond donors (Lipinski definition) is 1. The zero-order valence-corrected chi connectivity index (χ0v) is 16.7. The smallest absolute Gasteiger partial charge is 0.261 e. The molecule has 5 heteroatoms. The van der Waals surface area contributed by atoms with E-state index in [0.29, 0.717) is 12.3 Å². The molecule has 0 saturated heterocycles. The minimum atomic E-state index is -0.591. The Morgan fingerprint density at radius 2 is 1.70 bits per heavy atom. The Hall–Kier alpha value is -2.82. The van der Waals surface area contributed by atoms with Gasteiger partial charge in [-0.05, 0) is 56.5 Å². The molecule has 0 aliphatic rings. The topological polar surface area (TPSA) is 58.6 Å². The van der Waals surface area contributed by atoms with Crippen molar-refractivity contribution in [2.75, 3.05) is 13.7 Å². The fourth-order valence-electron chi connectivity index (χ4n) is 2.71. The molecule has 2 aromatic carbocycles. The molecule has 5 nitrogen and oxygen atoms in total. The van der Waals surface area contributed by atoms with Crippen molar-refractivity contribution in [1.82, 2.24) is 10.2 Å². The van der Waals surface area contributed by atoms with Crippen molar-refractivity contribution in [3.8, 4) is 5.75 Å². The van der Waals surface area contributed by atoms with Crippen molar-refractivity contribution in [2.24, 2.45) is 0 Å². The van der Waals surface area contributed by atoms with Gasteiger partial charge in [0.15, 0.2) is 6.61 Å². The highest BCUT2D eigenvalue weighted by atomic mass is 16.5. The normalized spacial score (nSPS) is 11.6. The monoisotopic (exact) mass is 368 g/mol. The van der Waals surface area contributed by atoms with Gasteiger partial charge >= 0.3 is 0 Å². The molecule has 0 unspecified atom stereocenters. The van der Waals surface area contributed by atoms with Crippen LogP contribution in [0.1, 0.15) is 29.2 Å². The average molecular weight is 368 g/mol. The number of nitrogens with zero attached hydrogens (tertiary/aromatic N) is 1. The van der Waals surface area contributed by atoms with Crippen molar-refractivity contribution >= 4 is 11.8 Å². The van der Waals surface area contributed by atoms with E-state index in [-0.39, 0.29) is 18.4 Å². The molecule has 1 atom stereocenters. The first-order valence-electron chi connectivity index (χ1n) is 9.08. The van der Waals surface area contributed by atoms with E-state index in [1.54, 1.807) is 18.9 Å². The molecule has 1 N–H and O–H groups in total. The van der Waals surface area contributed by atoms with E-state index in [1.165, 1.54) is 5.56 Å². The Bertz CT molecular complexity index is 800. The van der Waals surface area contributed by atoms with Crippen molar-refractivity contribution in [2.45, 2.75) is 40.3 Å². The van der Waals surface area contributed by atoms with Gasteiger partial charge in [0.2, 0.25) is 5.91 Å². The summed E-state index contributed by atoms with van der Waals surface area (Å²) >= 11 is 0. The van der Waals surface area contributed by atoms with Gasteiger partial charge in [-0.25, -0.2) is 0 Å². The number of carbonyl (C=O) groups is 2. The second-order valence-corrected chi connectivity index (χ2v) is 6.83. The third-order valence-electron chi connectivity index (χ3n) is 4.73. The second-order valence-electron chi connectivity index (χ2n) is 6.83. The lowest BCUT2D eigenvalue weighted by molar-refractivity contribution is -0.142. The quantitative estimate of drug-likeness (QED) is 0.817. The lowest BCUT2D eigenvalue weighted by Crippen LogP contribution is -2.48. The molecule has 2 aromatic rings. The van der Waals surface area contributed by atoms with E-state index >= 15 is 0 Å². The number of carbonyl (C=O) groups excluding carboxylic acids is 2. The van der Waals surface area contributed by atoms with Gasteiger partial charge in [-0.3, -0.25) is 9.59 Å². The average Bonchev–Trinajstić information content (AvgIpc) is 2.67. The van der Waals surface area contributed by atoms with Crippen LogP contribution < -0.4 is 10.1 Å². The molecular formula is C22H28N2O3. The van der Waals surface area contributed by atoms with Gasteiger partial charge < -0.3 is 15.0 Å². The maximum atomic E-state index is 12.8. The predicted octanol–water partition coefficient (Wildman–Crippen LogP) is 3.15. The largest absolute Gasteiger partial charge is 0.484 e. The number of nitrogens with one attached hydrogen (secondary N) is 1. The molecule has 0 aromatic heterocycles. The van der Waals surface area contributed by atoms with E-state index in [4.69, 9.17) is 4.74 Å². The Kier molecular flexibility index (Phi) is 6.99. The number of benzene rings is 2. The number of ether oxygens (including phenoxy) is 1. The van der Waals surface area contributed by atoms with E-state index in [1.807, 2.05) is 63.2 Å². The number of likely N-dealkylation sites (N-methyl/N-ethyl adjacent to an activating group) is 1. The fraction of sp³-hybridized carbons (Fsp3) is 0.364. The molecule has 0 bridgehead atoms. The Morgan fingerprint density at radius 1 is 1.04 bits per heavy atom. The van der Waals surface area contributed by atoms with Crippen LogP contribution >= 0.6 is 0 Å². The van der Waals surface area contributed by atoms with Gasteiger partial charge in [0.25, 0.3) is 5.91 Å². The van der Waals surface area contributed by atoms with Gasteiger partial charge in [0.1, 0.15) is 11.8 Å². The molecule has 0 spiro atoms. The summed E-state index contributed by atoms with van der Waals surface area (Å²) in [5, 5.41) is 2.61. The van der Waals surface area contributed by atoms with Crippen LogP contribution in [0.2, 0.25) is 0 Å². The van der Waals surface area contributed by atoms with E-state index < -0.39 is 6.04 Å². The number of rotatable bonds is 7. The predicted molar refractivity (Wildman–Crippen MR) is 107 cm³/mol. The maximum absolute atomic E-state index is 12.8. The van der Waals surface area contributed by atoms with Gasteiger partial charge in [0, 0.05) is 13.6 Å². The summed E-state index contributed by atoms with van der Waals surface area (Å²) in [6.07, 6.45) is 0. The summed E-state index contributed by atoms with van der Waals surface area (Å²) in [6, 6.07) is 13.1. The van der Waals surface area contributed by atoms with Gasteiger partial charge in [-0.1, -0.05) is 35.9 Å². The number of amides is 2. The van der Waals surface area contributed by atoms with Crippen LogP contribution in [0.3, 0.4) is 0 Å². The highest BCUT2D eigenvalue weighted by Gasteiger charge is 2.25. The molecule has 0 heterocycles. The zero-order chi connectivity index (χ0) is 20.0. The number of hydrogen-bond acceptors (Lipinski definition) is 3. The third kappa shape index (κ3) is 5.58. The van der Waals surface area contributed by atoms with Crippen LogP contribution in [0.4, 0.5) is 0 Å². The zero-order valence-electron chi connectivity index (χ0n) is 16.7. The van der Waals surface area contributed by atoms with Crippen molar-refractivity contribution in [3.05, 3.63) is 64.7 Å². The summed E-state index contributed by atoms with van der Waals surface area (Å²) in [6.45, 7) is 8.00. The molecule has 0 fully saturated rings. The third-order valence-corrected chi connectivity index (χ3v) is 4.73. The summed E-state index contributed by atoms with van der Waals surface area (Å²) in [5.41, 5.74) is 4.39. The summed E-state index contributed by atoms with van der Waals surface area (Å²) in [4.78, 5) is 26.5. The first kappa shape index (κ1) is 20.5. The minimum absolute atomic E-state index is 0.115. The molecule has 0 aliphatic heterocycles. The highest BCUT2D eigenvalue weighted by Crippen LogP contribution is 2.17. The van der Waals surface area contributed by atoms with Crippen LogP contribution in [-0.2, 0) is 16.1 Å². The molecule has 2 amide bonds. The van der Waals surface area contributed by atoms with Gasteiger partial charge in [0.05, 0.1) is 0 Å². The summed E-state index contributed by atoms with van der Waals surface area (Å²) in [7, 11) is 1.57. The first-order chi connectivity index (χ1) is 12.8. The van der Waals surface area contributed by atoms with Crippen LogP contribution in [0.5, 0.6) is 5.75 Å². The lowest BCUT2D eigenvalue weighted by Gasteiger charge is -2.28. The Labute approximate surface area is 161 Å². The van der Waals surface area contributed by atoms with Crippen molar-refractivity contribution in [3.63, 3.8) is 0 Å². The van der Waals surface area contributed by atoms with E-state index in [0.717, 1.165) is 16.7 Å². The summed E-state index contributed by atoms with van der Waals surface area (Å²) in [5.74, 6) is 0.209. The minimum Gasteiger partial charge on any atom is -0.484 e. The number of aryl methyl sites for hydroxylation is 3. The molecule has 144 valence electrons. The molecule has 2 rings (SSSR count). The standard InChI is InChI=1S/C22H28N2O3/c1-15-6-9-19(10-7-15)13-24(18(4)22(26)23-5)21(25)14-27-20-11-8-16(2)17(3)12-20/h6-12,18H,13-14H2,1-5H3,(H,23,26)/t18-/m1/s1. The van der Waals surface area contributed by atoms with Crippen LogP contribution in [0.15, 0.2) is 42.5 Å². The molecule has 0 radical (unpaired) electrons. The van der Waals surface area contributed by atoms with Gasteiger partial charge in [-0.2, -0.15) is 0 Å². The van der Waals surface area contributed by atoms with E-state index in [2.05, 4.69) is 5.32 Å². The maximum Gasteiger partial charge on any atom is 0.261 e. The second kappa shape index (κ2) is 9.21. The molecular weight excluding hydrogens is 340 g/mol. The Morgan fingerprint density at radius 3 is 2.30 bits per heavy atom. The van der Waals surface area contributed by atoms with Crippen LogP contribution in [0, 0.1) is 20.8 Å². The Balaban J connectivity index is 2.12. The highest BCUT2D eigenvalue weighted by molar-refractivity contribution is 5.87. The van der Waals surface area contributed by atoms with E-state index in [9.17, 15) is 9.59 Å². The first-order valence-corrected chi connectivity index (χ1v) is 9.08. The fourth-order valence-corrected chi connectivity index (χ4v) is 2.71. The SMILES string of the molecule is CNC(=O)[C@@H](C)N(Cc1ccc(C)cc1)C(=O)COc1ccc(C)c(C)c1. The lowest BCUT2D eigenvalue weighted by atomic mass is 10.1. The van der Waals surface area contributed by atoms with Gasteiger partial charge in [-0.15, -0.1) is 0 Å². The van der Waals surface area contributed by atoms with Crippen molar-refractivity contribution < 1.29 is 14.3 Å². The molecule has 27 heavy (non-hydrogen) atoms.